The number of allylic oxidation sites excluding steroid dienone is 1. The number of carbonyl (C=O) groups is 1. The van der Waals surface area contributed by atoms with Gasteiger partial charge in [-0.15, -0.1) is 0 Å². The normalized spacial score (nSPS) is 9.85. The van der Waals surface area contributed by atoms with Gasteiger partial charge in [-0.2, -0.15) is 9.65 Å². The van der Waals surface area contributed by atoms with Crippen LogP contribution in [0.4, 0.5) is 4.39 Å². The van der Waals surface area contributed by atoms with Crippen LogP contribution in [0, 0.1) is 17.3 Å². The Hall–Kier alpha value is -2.02. The van der Waals surface area contributed by atoms with E-state index in [1.54, 1.807) is 6.07 Å². The second kappa shape index (κ2) is 4.12. The molecule has 1 heterocycles. The van der Waals surface area contributed by atoms with E-state index in [0.717, 1.165) is 0 Å². The molecule has 0 aliphatic heterocycles. The van der Waals surface area contributed by atoms with Crippen molar-refractivity contribution in [2.45, 2.75) is 0 Å². The van der Waals surface area contributed by atoms with Crippen LogP contribution in [0.25, 0.3) is 6.08 Å². The molecular weight excluding hydrogens is 171 g/mol. The van der Waals surface area contributed by atoms with Crippen LogP contribution in [0.5, 0.6) is 0 Å². The molecule has 13 heavy (non-hydrogen) atoms. The summed E-state index contributed by atoms with van der Waals surface area (Å²) >= 11 is 0. The first-order valence-corrected chi connectivity index (χ1v) is 3.45. The zero-order chi connectivity index (χ0) is 9.68. The zero-order valence-corrected chi connectivity index (χ0v) is 6.57. The molecule has 0 N–H and O–H groups in total. The molecule has 0 radical (unpaired) electrons. The smallest absolute Gasteiger partial charge is 0.224 e. The van der Waals surface area contributed by atoms with Crippen molar-refractivity contribution < 1.29 is 9.18 Å². The summed E-state index contributed by atoms with van der Waals surface area (Å²) in [6.07, 6.45) is 4.13. The van der Waals surface area contributed by atoms with Crippen molar-refractivity contribution >= 4 is 12.4 Å². The van der Waals surface area contributed by atoms with Crippen molar-refractivity contribution in [3.63, 3.8) is 0 Å². The van der Waals surface area contributed by atoms with Crippen LogP contribution >= 0.6 is 0 Å². The molecule has 1 aromatic heterocycles. The largest absolute Gasteiger partial charge is 0.298 e. The summed E-state index contributed by atoms with van der Waals surface area (Å²) in [4.78, 5) is 13.7. The maximum absolute atomic E-state index is 12.8. The third-order valence-corrected chi connectivity index (χ3v) is 1.43. The van der Waals surface area contributed by atoms with Crippen LogP contribution < -0.4 is 0 Å². The van der Waals surface area contributed by atoms with Gasteiger partial charge in [-0.25, -0.2) is 4.98 Å². The molecule has 0 amide bonds. The first-order valence-electron chi connectivity index (χ1n) is 3.45. The van der Waals surface area contributed by atoms with Crippen molar-refractivity contribution in [3.05, 3.63) is 35.4 Å². The van der Waals surface area contributed by atoms with Gasteiger partial charge >= 0.3 is 0 Å². The molecule has 0 aliphatic rings. The van der Waals surface area contributed by atoms with Crippen LogP contribution in [0.1, 0.15) is 15.9 Å². The van der Waals surface area contributed by atoms with Crippen molar-refractivity contribution in [3.8, 4) is 6.07 Å². The molecule has 64 valence electrons. The molecule has 0 saturated carbocycles. The molecule has 4 heteroatoms. The molecular formula is C9H5FN2O. The highest BCUT2D eigenvalue weighted by Gasteiger charge is 2.05. The molecule has 0 saturated heterocycles. The van der Waals surface area contributed by atoms with E-state index in [1.165, 1.54) is 24.4 Å². The summed E-state index contributed by atoms with van der Waals surface area (Å²) in [5, 5.41) is 8.23. The lowest BCUT2D eigenvalue weighted by molar-refractivity contribution is 0.111. The van der Waals surface area contributed by atoms with Gasteiger partial charge in [0.15, 0.2) is 6.29 Å². The zero-order valence-electron chi connectivity index (χ0n) is 6.57. The number of hydrogen-bond acceptors (Lipinski definition) is 3. The van der Waals surface area contributed by atoms with Gasteiger partial charge in [0.25, 0.3) is 0 Å². The molecule has 0 aliphatic carbocycles. The maximum Gasteiger partial charge on any atom is 0.224 e. The van der Waals surface area contributed by atoms with Gasteiger partial charge in [-0.1, -0.05) is 0 Å². The molecule has 0 bridgehead atoms. The minimum absolute atomic E-state index is 0.131. The van der Waals surface area contributed by atoms with Gasteiger partial charge in [0.05, 0.1) is 11.6 Å². The second-order valence-corrected chi connectivity index (χ2v) is 2.18. The van der Waals surface area contributed by atoms with E-state index in [9.17, 15) is 9.18 Å². The minimum Gasteiger partial charge on any atom is -0.298 e. The average Bonchev–Trinajstić information content (AvgIpc) is 2.15. The van der Waals surface area contributed by atoms with E-state index in [2.05, 4.69) is 4.98 Å². The van der Waals surface area contributed by atoms with Gasteiger partial charge in [-0.05, 0) is 17.7 Å². The summed E-state index contributed by atoms with van der Waals surface area (Å²) in [6.45, 7) is 0. The number of pyridine rings is 1. The highest BCUT2D eigenvalue weighted by atomic mass is 19.1. The van der Waals surface area contributed by atoms with E-state index in [-0.39, 0.29) is 5.56 Å². The lowest BCUT2D eigenvalue weighted by Gasteiger charge is -1.97. The van der Waals surface area contributed by atoms with Gasteiger partial charge in [0.1, 0.15) is 0 Å². The van der Waals surface area contributed by atoms with E-state index < -0.39 is 5.95 Å². The minimum atomic E-state index is -0.824. The number of nitriles is 1. The van der Waals surface area contributed by atoms with Gasteiger partial charge in [0, 0.05) is 12.3 Å². The SMILES string of the molecule is N#CC=Cc1ccnc(F)c1C=O. The Morgan fingerprint density at radius 2 is 2.38 bits per heavy atom. The standard InChI is InChI=1S/C9H5FN2O/c10-9-8(6-13)7(2-1-4-11)3-5-12-9/h1-3,5-6H. The van der Waals surface area contributed by atoms with Crippen molar-refractivity contribution in [2.75, 3.05) is 0 Å². The van der Waals surface area contributed by atoms with Crippen molar-refractivity contribution in [1.82, 2.24) is 4.98 Å². The monoisotopic (exact) mass is 176 g/mol. The van der Waals surface area contributed by atoms with Crippen LogP contribution in [0.15, 0.2) is 18.3 Å². The Labute approximate surface area is 74.1 Å². The molecule has 0 unspecified atom stereocenters. The van der Waals surface area contributed by atoms with Crippen LogP contribution in [-0.2, 0) is 0 Å². The predicted octanol–water partition coefficient (Wildman–Crippen LogP) is 1.57. The fourth-order valence-electron chi connectivity index (χ4n) is 0.850. The van der Waals surface area contributed by atoms with E-state index >= 15 is 0 Å². The number of aromatic nitrogens is 1. The van der Waals surface area contributed by atoms with E-state index in [1.807, 2.05) is 0 Å². The molecule has 1 rings (SSSR count). The van der Waals surface area contributed by atoms with Gasteiger partial charge < -0.3 is 0 Å². The predicted molar refractivity (Wildman–Crippen MR) is 44.2 cm³/mol. The van der Waals surface area contributed by atoms with E-state index in [4.69, 9.17) is 5.26 Å². The molecule has 1 aromatic rings. The Bertz CT molecular complexity index is 393. The average molecular weight is 176 g/mol. The third-order valence-electron chi connectivity index (χ3n) is 1.43. The van der Waals surface area contributed by atoms with Crippen molar-refractivity contribution in [2.24, 2.45) is 0 Å². The Morgan fingerprint density at radius 3 is 3.00 bits per heavy atom. The summed E-state index contributed by atoms with van der Waals surface area (Å²) in [5.41, 5.74) is 0.220. The third kappa shape index (κ3) is 1.97. The fourth-order valence-corrected chi connectivity index (χ4v) is 0.850. The van der Waals surface area contributed by atoms with Crippen LogP contribution in [0.3, 0.4) is 0 Å². The van der Waals surface area contributed by atoms with E-state index in [0.29, 0.717) is 11.8 Å². The molecule has 0 aromatic carbocycles. The highest BCUT2D eigenvalue weighted by molar-refractivity contribution is 5.81. The lowest BCUT2D eigenvalue weighted by atomic mass is 10.1. The van der Waals surface area contributed by atoms with Gasteiger partial charge in [-0.3, -0.25) is 4.79 Å². The Balaban J connectivity index is 3.22. The quantitative estimate of drug-likeness (QED) is 0.390. The lowest BCUT2D eigenvalue weighted by Crippen LogP contribution is -1.94. The van der Waals surface area contributed by atoms with Crippen LogP contribution in [-0.4, -0.2) is 11.3 Å². The number of hydrogen-bond donors (Lipinski definition) is 0. The fraction of sp³-hybridized carbons (Fsp3) is 0. The highest BCUT2D eigenvalue weighted by Crippen LogP contribution is 2.10. The first-order chi connectivity index (χ1) is 6.29. The molecule has 0 spiro atoms. The summed E-state index contributed by atoms with van der Waals surface area (Å²) in [7, 11) is 0. The topological polar surface area (TPSA) is 53.8 Å². The summed E-state index contributed by atoms with van der Waals surface area (Å²) in [6, 6.07) is 3.21. The van der Waals surface area contributed by atoms with Gasteiger partial charge in [0.2, 0.25) is 5.95 Å². The first kappa shape index (κ1) is 9.07. The molecule has 3 nitrogen and oxygen atoms in total. The molecule has 0 atom stereocenters. The second-order valence-electron chi connectivity index (χ2n) is 2.18. The summed E-state index contributed by atoms with van der Waals surface area (Å²) in [5.74, 6) is -0.824. The number of carbonyl (C=O) groups excluding carboxylic acids is 1. The Morgan fingerprint density at radius 1 is 1.62 bits per heavy atom. The number of aldehydes is 1. The Kier molecular flexibility index (Phi) is 2.87. The molecule has 0 fully saturated rings. The number of halogens is 1. The number of nitrogens with zero attached hydrogens (tertiary/aromatic N) is 2. The summed E-state index contributed by atoms with van der Waals surface area (Å²) < 4.78 is 12.8. The van der Waals surface area contributed by atoms with Crippen LogP contribution in [0.2, 0.25) is 0 Å². The van der Waals surface area contributed by atoms with Crippen molar-refractivity contribution in [1.29, 1.82) is 5.26 Å². The maximum atomic E-state index is 12.8. The number of rotatable bonds is 2.